The second-order valence-corrected chi connectivity index (χ2v) is 2.26. The van der Waals surface area contributed by atoms with Crippen LogP contribution >= 0.6 is 23.0 Å². The van der Waals surface area contributed by atoms with Gasteiger partial charge in [-0.3, -0.25) is 9.59 Å². The van der Waals surface area contributed by atoms with Gasteiger partial charge in [0, 0.05) is 12.2 Å². The molecule has 12 heavy (non-hydrogen) atoms. The first kappa shape index (κ1) is 8.97. The van der Waals surface area contributed by atoms with Crippen LogP contribution in [0.25, 0.3) is 0 Å². The quantitative estimate of drug-likeness (QED) is 0.538. The zero-order valence-corrected chi connectivity index (χ0v) is 7.77. The molecule has 0 fully saturated rings. The van der Waals surface area contributed by atoms with Crippen molar-refractivity contribution in [3.63, 3.8) is 0 Å². The van der Waals surface area contributed by atoms with E-state index in [9.17, 15) is 14.4 Å². The van der Waals surface area contributed by atoms with Crippen LogP contribution in [-0.2, 0) is 12.7 Å². The van der Waals surface area contributed by atoms with Gasteiger partial charge in [0.1, 0.15) is 0 Å². The van der Waals surface area contributed by atoms with E-state index in [2.05, 4.69) is 3.07 Å². The number of halogens is 1. The van der Waals surface area contributed by atoms with Crippen LogP contribution in [-0.4, -0.2) is 22.9 Å². The van der Waals surface area contributed by atoms with Crippen molar-refractivity contribution in [2.75, 3.05) is 0 Å². The molecular weight excluding hydrogens is 279 g/mol. The Balaban J connectivity index is 2.59. The van der Waals surface area contributed by atoms with Gasteiger partial charge in [-0.1, -0.05) is 0 Å². The van der Waals surface area contributed by atoms with E-state index in [4.69, 9.17) is 0 Å². The number of nitrogens with one attached hydrogen (secondary N) is 1. The van der Waals surface area contributed by atoms with Gasteiger partial charge in [0.2, 0.25) is 0 Å². The van der Waals surface area contributed by atoms with E-state index >= 15 is 0 Å². The lowest BCUT2D eigenvalue weighted by atomic mass is 10.6. The Morgan fingerprint density at radius 2 is 1.92 bits per heavy atom. The third kappa shape index (κ3) is 1.72. The van der Waals surface area contributed by atoms with Gasteiger partial charge in [0.25, 0.3) is 11.8 Å². The number of hydrogen-bond donors (Lipinski definition) is 1. The first-order valence-electron chi connectivity index (χ1n) is 2.80. The molecule has 0 aromatic heterocycles. The Labute approximate surface area is 81.2 Å². The molecule has 1 rings (SSSR count). The van der Waals surface area contributed by atoms with Crippen molar-refractivity contribution in [2.24, 2.45) is 0 Å². The first-order valence-corrected chi connectivity index (χ1v) is 3.68. The van der Waals surface area contributed by atoms with Gasteiger partial charge < -0.3 is 3.07 Å². The highest BCUT2D eigenvalue weighted by molar-refractivity contribution is 14.1. The molecule has 0 atom stereocenters. The van der Waals surface area contributed by atoms with Gasteiger partial charge in [-0.05, 0) is 0 Å². The number of hydrazine groups is 1. The fourth-order valence-electron chi connectivity index (χ4n) is 0.619. The van der Waals surface area contributed by atoms with Crippen LogP contribution in [0.5, 0.6) is 0 Å². The zero-order chi connectivity index (χ0) is 9.14. The average molecular weight is 282 g/mol. The number of carbonyl (C=O) groups is 3. The average Bonchev–Trinajstić information content (AvgIpc) is 2.35. The summed E-state index contributed by atoms with van der Waals surface area (Å²) in [6.07, 6.45) is 1.23. The number of imide groups is 1. The molecule has 1 N–H and O–H groups in total. The predicted molar refractivity (Wildman–Crippen MR) is 44.6 cm³/mol. The summed E-state index contributed by atoms with van der Waals surface area (Å²) in [4.78, 5) is 32.1. The molecule has 1 heterocycles. The number of nitrogens with zero attached hydrogens (tertiary/aromatic N) is 1. The molecule has 0 aromatic carbocycles. The van der Waals surface area contributed by atoms with Crippen LogP contribution in [0.15, 0.2) is 12.2 Å². The molecular formula is C5H3IN2O4. The number of hydrogen-bond acceptors (Lipinski definition) is 4. The van der Waals surface area contributed by atoms with Crippen LogP contribution in [0.2, 0.25) is 0 Å². The van der Waals surface area contributed by atoms with Crippen molar-refractivity contribution in [2.45, 2.75) is 0 Å². The molecule has 6 nitrogen and oxygen atoms in total. The molecule has 0 aromatic rings. The maximum atomic E-state index is 10.8. The molecule has 1 aliphatic rings. The minimum Gasteiger partial charge on any atom is -0.377 e. The van der Waals surface area contributed by atoms with E-state index in [1.54, 1.807) is 0 Å². The van der Waals surface area contributed by atoms with Crippen molar-refractivity contribution in [1.29, 1.82) is 0 Å². The normalized spacial score (nSPS) is 15.2. The van der Waals surface area contributed by atoms with Crippen LogP contribution in [0.3, 0.4) is 0 Å². The minimum absolute atomic E-state index is 0.557. The lowest BCUT2D eigenvalue weighted by Gasteiger charge is -2.12. The molecule has 0 saturated heterocycles. The molecule has 0 spiro atoms. The number of carbonyl (C=O) groups excluding carboxylic acids is 3. The van der Waals surface area contributed by atoms with E-state index in [0.29, 0.717) is 5.01 Å². The Morgan fingerprint density at radius 3 is 2.33 bits per heavy atom. The summed E-state index contributed by atoms with van der Waals surface area (Å²) < 4.78 is 4.15. The summed E-state index contributed by atoms with van der Waals surface area (Å²) in [6, 6.07) is 0. The summed E-state index contributed by atoms with van der Waals surface area (Å²) in [5, 5.41) is 0.557. The van der Waals surface area contributed by atoms with Gasteiger partial charge in [-0.25, -0.2) is 10.2 Å². The monoisotopic (exact) mass is 282 g/mol. The van der Waals surface area contributed by atoms with Crippen molar-refractivity contribution in [3.8, 4) is 0 Å². The highest BCUT2D eigenvalue weighted by Gasteiger charge is 2.25. The molecule has 0 radical (unpaired) electrons. The molecule has 0 aliphatic carbocycles. The molecule has 7 heteroatoms. The smallest absolute Gasteiger partial charge is 0.377 e. The van der Waals surface area contributed by atoms with Crippen LogP contribution in [0.1, 0.15) is 0 Å². The molecule has 3 amide bonds. The lowest BCUT2D eigenvalue weighted by molar-refractivity contribution is -0.139. The lowest BCUT2D eigenvalue weighted by Crippen LogP contribution is -2.45. The molecule has 0 unspecified atom stereocenters. The van der Waals surface area contributed by atoms with E-state index in [1.165, 1.54) is 23.0 Å². The molecule has 0 bridgehead atoms. The second-order valence-electron chi connectivity index (χ2n) is 1.82. The van der Waals surface area contributed by atoms with Crippen LogP contribution in [0.4, 0.5) is 4.79 Å². The fraction of sp³-hybridized carbons (Fsp3) is 0. The highest BCUT2D eigenvalue weighted by atomic mass is 127. The summed E-state index contributed by atoms with van der Waals surface area (Å²) in [7, 11) is 0. The first-order chi connectivity index (χ1) is 5.65. The number of rotatable bonds is 1. The Bertz CT molecular complexity index is 257. The van der Waals surface area contributed by atoms with Crippen LogP contribution in [0, 0.1) is 0 Å². The molecule has 1 aliphatic heterocycles. The summed E-state index contributed by atoms with van der Waals surface area (Å²) in [5.41, 5.74) is 1.93. The predicted octanol–water partition coefficient (Wildman–Crippen LogP) is -0.0974. The summed E-state index contributed by atoms with van der Waals surface area (Å²) in [5.74, 6) is -1.19. The van der Waals surface area contributed by atoms with E-state index in [1.807, 2.05) is 5.43 Å². The van der Waals surface area contributed by atoms with Gasteiger partial charge >= 0.3 is 6.09 Å². The van der Waals surface area contributed by atoms with E-state index < -0.39 is 17.9 Å². The summed E-state index contributed by atoms with van der Waals surface area (Å²) >= 11 is 1.33. The van der Waals surface area contributed by atoms with Crippen molar-refractivity contribution in [3.05, 3.63) is 12.2 Å². The highest BCUT2D eigenvalue weighted by Crippen LogP contribution is 2.00. The zero-order valence-electron chi connectivity index (χ0n) is 5.61. The van der Waals surface area contributed by atoms with Crippen molar-refractivity contribution >= 4 is 40.9 Å². The topological polar surface area (TPSA) is 75.7 Å². The second kappa shape index (κ2) is 3.52. The molecule has 64 valence electrons. The largest absolute Gasteiger partial charge is 0.436 e. The minimum atomic E-state index is -0.874. The third-order valence-electron chi connectivity index (χ3n) is 1.08. The van der Waals surface area contributed by atoms with Gasteiger partial charge in [0.05, 0.1) is 0 Å². The van der Waals surface area contributed by atoms with Crippen LogP contribution < -0.4 is 5.43 Å². The standard InChI is InChI=1S/C5H3IN2O4/c6-12-5(11)7-8-3(9)1-2-4(8)10/h1-2H,(H,7,11). The van der Waals surface area contributed by atoms with Gasteiger partial charge in [0.15, 0.2) is 23.0 Å². The molecule has 0 saturated carbocycles. The Kier molecular flexibility index (Phi) is 2.63. The SMILES string of the molecule is O=C(NN1C(=O)C=CC1=O)OI. The van der Waals surface area contributed by atoms with E-state index in [0.717, 1.165) is 12.2 Å². The van der Waals surface area contributed by atoms with Crippen molar-refractivity contribution < 1.29 is 17.4 Å². The third-order valence-corrected chi connectivity index (χ3v) is 1.48. The Hall–Kier alpha value is -1.12. The maximum absolute atomic E-state index is 10.8. The Morgan fingerprint density at radius 1 is 1.42 bits per heavy atom. The fourth-order valence-corrected chi connectivity index (χ4v) is 0.717. The maximum Gasteiger partial charge on any atom is 0.436 e. The van der Waals surface area contributed by atoms with E-state index in [-0.39, 0.29) is 0 Å². The van der Waals surface area contributed by atoms with Gasteiger partial charge in [-0.2, -0.15) is 5.01 Å². The number of amides is 3. The summed E-state index contributed by atoms with van der Waals surface area (Å²) in [6.45, 7) is 0. The van der Waals surface area contributed by atoms with Crippen molar-refractivity contribution in [1.82, 2.24) is 10.4 Å². The van der Waals surface area contributed by atoms with Gasteiger partial charge in [-0.15, -0.1) is 0 Å².